The predicted molar refractivity (Wildman–Crippen MR) is 85.0 cm³/mol. The molecule has 2 aliphatic rings. The third-order valence-corrected chi connectivity index (χ3v) is 4.13. The van der Waals surface area contributed by atoms with E-state index in [2.05, 4.69) is 5.43 Å². The highest BCUT2D eigenvalue weighted by Gasteiger charge is 2.32. The van der Waals surface area contributed by atoms with Gasteiger partial charge < -0.3 is 14.5 Å². The Labute approximate surface area is 139 Å². The summed E-state index contributed by atoms with van der Waals surface area (Å²) in [6, 6.07) is 9.03. The van der Waals surface area contributed by atoms with Gasteiger partial charge in [-0.05, 0) is 12.1 Å². The number of anilines is 1. The van der Waals surface area contributed by atoms with Crippen LogP contribution in [-0.4, -0.2) is 68.7 Å². The standard InChI is InChI=1S/C16H20N4O4/c21-14(10-18-6-8-24-9-7-18)17-20-12-15(22)19(11-16(20)23)13-4-2-1-3-5-13/h1-5H,6-12H2,(H,17,21)/p+1. The van der Waals surface area contributed by atoms with E-state index in [4.69, 9.17) is 4.74 Å². The molecule has 0 aromatic heterocycles. The van der Waals surface area contributed by atoms with E-state index in [-0.39, 0.29) is 37.4 Å². The molecule has 0 bridgehead atoms. The quantitative estimate of drug-likeness (QED) is 0.656. The largest absolute Gasteiger partial charge is 0.370 e. The average Bonchev–Trinajstić information content (AvgIpc) is 2.59. The minimum atomic E-state index is -0.302. The smallest absolute Gasteiger partial charge is 0.293 e. The van der Waals surface area contributed by atoms with Crippen molar-refractivity contribution in [3.05, 3.63) is 30.3 Å². The van der Waals surface area contributed by atoms with Crippen molar-refractivity contribution >= 4 is 23.4 Å². The summed E-state index contributed by atoms with van der Waals surface area (Å²) in [5.74, 6) is -0.787. The molecule has 24 heavy (non-hydrogen) atoms. The molecule has 0 radical (unpaired) electrons. The van der Waals surface area contributed by atoms with Crippen LogP contribution in [-0.2, 0) is 19.1 Å². The molecular formula is C16H21N4O4+. The number of hydrogen-bond donors (Lipinski definition) is 2. The topological polar surface area (TPSA) is 83.4 Å². The van der Waals surface area contributed by atoms with Crippen molar-refractivity contribution in [3.63, 3.8) is 0 Å². The summed E-state index contributed by atoms with van der Waals surface area (Å²) in [6.07, 6.45) is 0. The lowest BCUT2D eigenvalue weighted by molar-refractivity contribution is -0.900. The number of morpholine rings is 1. The number of amides is 3. The van der Waals surface area contributed by atoms with Crippen molar-refractivity contribution in [2.75, 3.05) is 50.8 Å². The van der Waals surface area contributed by atoms with E-state index in [1.165, 1.54) is 4.90 Å². The molecule has 3 amide bonds. The number of ether oxygens (including phenoxy) is 1. The van der Waals surface area contributed by atoms with Crippen LogP contribution in [0.4, 0.5) is 5.69 Å². The van der Waals surface area contributed by atoms with Crippen molar-refractivity contribution in [1.82, 2.24) is 10.4 Å². The molecule has 2 fully saturated rings. The second-order valence-corrected chi connectivity index (χ2v) is 5.87. The van der Waals surface area contributed by atoms with Crippen LogP contribution < -0.4 is 15.2 Å². The molecule has 1 aromatic carbocycles. The first kappa shape index (κ1) is 16.4. The number of carbonyl (C=O) groups excluding carboxylic acids is 3. The number of quaternary nitrogens is 1. The second kappa shape index (κ2) is 7.41. The summed E-state index contributed by atoms with van der Waals surface area (Å²) >= 11 is 0. The van der Waals surface area contributed by atoms with Crippen molar-refractivity contribution in [2.45, 2.75) is 0 Å². The van der Waals surface area contributed by atoms with Gasteiger partial charge in [0.2, 0.25) is 5.91 Å². The second-order valence-electron chi connectivity index (χ2n) is 5.87. The molecule has 2 N–H and O–H groups in total. The third-order valence-electron chi connectivity index (χ3n) is 4.13. The van der Waals surface area contributed by atoms with Gasteiger partial charge in [-0.2, -0.15) is 0 Å². The van der Waals surface area contributed by atoms with Crippen LogP contribution >= 0.6 is 0 Å². The van der Waals surface area contributed by atoms with Gasteiger partial charge in [0.1, 0.15) is 26.2 Å². The monoisotopic (exact) mass is 333 g/mol. The molecule has 2 aliphatic heterocycles. The predicted octanol–water partition coefficient (Wildman–Crippen LogP) is -2.19. The van der Waals surface area contributed by atoms with Gasteiger partial charge in [-0.25, -0.2) is 5.01 Å². The lowest BCUT2D eigenvalue weighted by Crippen LogP contribution is -3.15. The van der Waals surface area contributed by atoms with Crippen LogP contribution in [0.5, 0.6) is 0 Å². The molecule has 0 unspecified atom stereocenters. The highest BCUT2D eigenvalue weighted by molar-refractivity contribution is 6.04. The van der Waals surface area contributed by atoms with Crippen LogP contribution in [0.3, 0.4) is 0 Å². The molecule has 8 nitrogen and oxygen atoms in total. The lowest BCUT2D eigenvalue weighted by atomic mass is 10.2. The fraction of sp³-hybridized carbons (Fsp3) is 0.438. The van der Waals surface area contributed by atoms with Crippen molar-refractivity contribution < 1.29 is 24.0 Å². The van der Waals surface area contributed by atoms with E-state index >= 15 is 0 Å². The lowest BCUT2D eigenvalue weighted by Gasteiger charge is -2.34. The van der Waals surface area contributed by atoms with Gasteiger partial charge >= 0.3 is 0 Å². The molecule has 128 valence electrons. The number of nitrogens with zero attached hydrogens (tertiary/aromatic N) is 2. The fourth-order valence-electron chi connectivity index (χ4n) is 2.82. The molecule has 2 saturated heterocycles. The number of para-hydroxylation sites is 1. The van der Waals surface area contributed by atoms with Gasteiger partial charge in [-0.3, -0.25) is 19.8 Å². The summed E-state index contributed by atoms with van der Waals surface area (Å²) < 4.78 is 5.25. The Morgan fingerprint density at radius 3 is 2.50 bits per heavy atom. The first-order valence-electron chi connectivity index (χ1n) is 8.00. The molecule has 0 saturated carbocycles. The van der Waals surface area contributed by atoms with Gasteiger partial charge in [0, 0.05) is 5.69 Å². The Balaban J connectivity index is 1.55. The molecule has 0 aliphatic carbocycles. The van der Waals surface area contributed by atoms with Crippen LogP contribution in [0.25, 0.3) is 0 Å². The first-order valence-corrected chi connectivity index (χ1v) is 8.00. The number of hydrogen-bond acceptors (Lipinski definition) is 4. The molecule has 8 heteroatoms. The molecule has 0 atom stereocenters. The van der Waals surface area contributed by atoms with E-state index in [0.717, 1.165) is 23.0 Å². The minimum absolute atomic E-state index is 0.0759. The summed E-state index contributed by atoms with van der Waals surface area (Å²) in [7, 11) is 0. The number of rotatable bonds is 4. The van der Waals surface area contributed by atoms with E-state index in [1.807, 2.05) is 18.2 Å². The first-order chi connectivity index (χ1) is 11.6. The number of nitrogens with one attached hydrogen (secondary N) is 2. The molecule has 1 aromatic rings. The number of carbonyl (C=O) groups is 3. The van der Waals surface area contributed by atoms with Gasteiger partial charge in [-0.1, -0.05) is 18.2 Å². The van der Waals surface area contributed by atoms with Gasteiger partial charge in [0.25, 0.3) is 11.8 Å². The van der Waals surface area contributed by atoms with Crippen molar-refractivity contribution in [3.8, 4) is 0 Å². The Morgan fingerprint density at radius 2 is 1.79 bits per heavy atom. The third kappa shape index (κ3) is 3.90. The highest BCUT2D eigenvalue weighted by Crippen LogP contribution is 2.16. The molecule has 0 spiro atoms. The zero-order valence-electron chi connectivity index (χ0n) is 13.4. The number of benzene rings is 1. The number of hydrazine groups is 1. The Bertz CT molecular complexity index is 616. The Kier molecular flexibility index (Phi) is 5.07. The molecule has 3 rings (SSSR count). The maximum atomic E-state index is 12.3. The van der Waals surface area contributed by atoms with Gasteiger partial charge in [0.15, 0.2) is 6.54 Å². The van der Waals surface area contributed by atoms with Crippen LogP contribution in [0.15, 0.2) is 30.3 Å². The fourth-order valence-corrected chi connectivity index (χ4v) is 2.82. The SMILES string of the molecule is O=C(C[NH+]1CCOCC1)NN1CC(=O)N(c2ccccc2)CC1=O. The number of piperazine rings is 1. The average molecular weight is 333 g/mol. The molecular weight excluding hydrogens is 312 g/mol. The Morgan fingerprint density at radius 1 is 1.08 bits per heavy atom. The maximum Gasteiger partial charge on any atom is 0.293 e. The summed E-state index contributed by atoms with van der Waals surface area (Å²) in [4.78, 5) is 39.2. The van der Waals surface area contributed by atoms with E-state index in [9.17, 15) is 14.4 Å². The normalized spacial score (nSPS) is 19.5. The van der Waals surface area contributed by atoms with E-state index in [1.54, 1.807) is 12.1 Å². The minimum Gasteiger partial charge on any atom is -0.370 e. The summed E-state index contributed by atoms with van der Waals surface area (Å²) in [6.45, 7) is 2.84. The summed E-state index contributed by atoms with van der Waals surface area (Å²) in [5, 5.41) is 1.12. The zero-order chi connectivity index (χ0) is 16.9. The van der Waals surface area contributed by atoms with Crippen LogP contribution in [0.1, 0.15) is 0 Å². The summed E-state index contributed by atoms with van der Waals surface area (Å²) in [5.41, 5.74) is 3.23. The Hall–Kier alpha value is -2.45. The maximum absolute atomic E-state index is 12.3. The molecule has 2 heterocycles. The van der Waals surface area contributed by atoms with Crippen LogP contribution in [0, 0.1) is 0 Å². The van der Waals surface area contributed by atoms with Gasteiger partial charge in [0.05, 0.1) is 13.2 Å². The van der Waals surface area contributed by atoms with E-state index < -0.39 is 0 Å². The van der Waals surface area contributed by atoms with Gasteiger partial charge in [-0.15, -0.1) is 0 Å². The van der Waals surface area contributed by atoms with Crippen molar-refractivity contribution in [2.24, 2.45) is 0 Å². The van der Waals surface area contributed by atoms with Crippen LogP contribution in [0.2, 0.25) is 0 Å². The zero-order valence-corrected chi connectivity index (χ0v) is 13.4. The van der Waals surface area contributed by atoms with Crippen molar-refractivity contribution in [1.29, 1.82) is 0 Å². The highest BCUT2D eigenvalue weighted by atomic mass is 16.5. The van der Waals surface area contributed by atoms with E-state index in [0.29, 0.717) is 18.9 Å².